The van der Waals surface area contributed by atoms with E-state index in [1.165, 1.54) is 12.1 Å². The van der Waals surface area contributed by atoms with Crippen LogP contribution in [0.5, 0.6) is 5.75 Å². The van der Waals surface area contributed by atoms with E-state index in [0.29, 0.717) is 5.52 Å². The van der Waals surface area contributed by atoms with Crippen molar-refractivity contribution < 1.29 is 17.9 Å². The predicted octanol–water partition coefficient (Wildman–Crippen LogP) is 2.04. The van der Waals surface area contributed by atoms with E-state index in [-0.39, 0.29) is 17.0 Å². The van der Waals surface area contributed by atoms with Gasteiger partial charge < -0.3 is 10.5 Å². The van der Waals surface area contributed by atoms with Crippen molar-refractivity contribution in [1.82, 2.24) is 10.2 Å². The summed E-state index contributed by atoms with van der Waals surface area (Å²) in [7, 11) is 0. The first kappa shape index (κ1) is 9.63. The first-order valence-corrected chi connectivity index (χ1v) is 3.96. The highest BCUT2D eigenvalue weighted by Crippen LogP contribution is 2.32. The molecule has 0 saturated heterocycles. The monoisotopic (exact) mass is 217 g/mol. The van der Waals surface area contributed by atoms with Crippen molar-refractivity contribution in [1.29, 1.82) is 0 Å². The summed E-state index contributed by atoms with van der Waals surface area (Å²) in [6, 6.07) is 4.16. The van der Waals surface area contributed by atoms with E-state index in [9.17, 15) is 13.2 Å². The van der Waals surface area contributed by atoms with Gasteiger partial charge in [0.15, 0.2) is 5.82 Å². The fourth-order valence-electron chi connectivity index (χ4n) is 1.27. The minimum Gasteiger partial charge on any atom is -0.405 e. The zero-order chi connectivity index (χ0) is 11.1. The van der Waals surface area contributed by atoms with Crippen molar-refractivity contribution in [2.75, 3.05) is 5.73 Å². The van der Waals surface area contributed by atoms with Gasteiger partial charge in [-0.05, 0) is 12.1 Å². The Balaban J connectivity index is 2.55. The summed E-state index contributed by atoms with van der Waals surface area (Å²) in [6.07, 6.45) is -4.74. The second kappa shape index (κ2) is 3.04. The van der Waals surface area contributed by atoms with E-state index >= 15 is 0 Å². The molecular weight excluding hydrogens is 211 g/mol. The number of benzene rings is 1. The summed E-state index contributed by atoms with van der Waals surface area (Å²) in [4.78, 5) is 0. The van der Waals surface area contributed by atoms with Crippen molar-refractivity contribution >= 4 is 16.7 Å². The summed E-state index contributed by atoms with van der Waals surface area (Å²) in [5.74, 6) is -0.379. The molecule has 1 aromatic heterocycles. The van der Waals surface area contributed by atoms with Crippen molar-refractivity contribution in [2.45, 2.75) is 6.36 Å². The Morgan fingerprint density at radius 1 is 1.33 bits per heavy atom. The third-order valence-electron chi connectivity index (χ3n) is 1.80. The molecule has 0 bridgehead atoms. The van der Waals surface area contributed by atoms with Crippen LogP contribution in [0.25, 0.3) is 10.9 Å². The molecule has 0 aliphatic heterocycles. The minimum absolute atomic E-state index is 0.0233. The molecule has 0 atom stereocenters. The van der Waals surface area contributed by atoms with E-state index in [2.05, 4.69) is 14.9 Å². The van der Waals surface area contributed by atoms with Gasteiger partial charge in [0, 0.05) is 0 Å². The molecule has 80 valence electrons. The lowest BCUT2D eigenvalue weighted by molar-refractivity contribution is -0.274. The number of ether oxygens (including phenoxy) is 1. The number of anilines is 1. The van der Waals surface area contributed by atoms with Crippen LogP contribution in [0.4, 0.5) is 19.0 Å². The number of nitrogen functional groups attached to an aromatic ring is 1. The average Bonchev–Trinajstić information content (AvgIpc) is 2.46. The molecule has 0 aliphatic rings. The van der Waals surface area contributed by atoms with Crippen LogP contribution in [0.1, 0.15) is 0 Å². The van der Waals surface area contributed by atoms with Gasteiger partial charge in [-0.2, -0.15) is 5.10 Å². The topological polar surface area (TPSA) is 63.9 Å². The fraction of sp³-hybridized carbons (Fsp3) is 0.125. The normalized spacial score (nSPS) is 11.9. The third-order valence-corrected chi connectivity index (χ3v) is 1.80. The van der Waals surface area contributed by atoms with Gasteiger partial charge in [0.2, 0.25) is 0 Å². The molecule has 0 radical (unpaired) electrons. The van der Waals surface area contributed by atoms with E-state index in [4.69, 9.17) is 5.73 Å². The zero-order valence-electron chi connectivity index (χ0n) is 7.30. The van der Waals surface area contributed by atoms with E-state index in [0.717, 1.165) is 0 Å². The van der Waals surface area contributed by atoms with Crippen LogP contribution in [-0.4, -0.2) is 16.6 Å². The maximum Gasteiger partial charge on any atom is 0.573 e. The van der Waals surface area contributed by atoms with Crippen LogP contribution in [0.3, 0.4) is 0 Å². The molecule has 0 aliphatic carbocycles. The summed E-state index contributed by atoms with van der Waals surface area (Å²) < 4.78 is 39.9. The Hall–Kier alpha value is -1.92. The molecule has 7 heteroatoms. The number of rotatable bonds is 1. The molecule has 0 fully saturated rings. The number of fused-ring (bicyclic) bond motifs is 1. The number of aromatic amines is 1. The molecule has 1 aromatic carbocycles. The lowest BCUT2D eigenvalue weighted by Gasteiger charge is -2.09. The quantitative estimate of drug-likeness (QED) is 0.768. The van der Waals surface area contributed by atoms with Crippen LogP contribution >= 0.6 is 0 Å². The van der Waals surface area contributed by atoms with Gasteiger partial charge in [-0.3, -0.25) is 5.10 Å². The molecule has 4 nitrogen and oxygen atoms in total. The number of hydrogen-bond donors (Lipinski definition) is 2. The smallest absolute Gasteiger partial charge is 0.405 e. The lowest BCUT2D eigenvalue weighted by Crippen LogP contribution is -2.17. The van der Waals surface area contributed by atoms with Crippen molar-refractivity contribution in [3.05, 3.63) is 18.2 Å². The molecule has 2 aromatic rings. The van der Waals surface area contributed by atoms with Crippen LogP contribution < -0.4 is 10.5 Å². The number of nitrogens with two attached hydrogens (primary N) is 1. The van der Waals surface area contributed by atoms with Crippen LogP contribution in [0.15, 0.2) is 18.2 Å². The Morgan fingerprint density at radius 3 is 2.73 bits per heavy atom. The Labute approximate surface area is 81.8 Å². The van der Waals surface area contributed by atoms with Crippen molar-refractivity contribution in [3.63, 3.8) is 0 Å². The van der Waals surface area contributed by atoms with Gasteiger partial charge in [0.1, 0.15) is 5.75 Å². The first-order valence-electron chi connectivity index (χ1n) is 3.96. The molecule has 0 amide bonds. The maximum atomic E-state index is 12.0. The van der Waals surface area contributed by atoms with Gasteiger partial charge in [0.25, 0.3) is 0 Å². The molecule has 0 saturated carbocycles. The van der Waals surface area contributed by atoms with Crippen LogP contribution in [0, 0.1) is 0 Å². The van der Waals surface area contributed by atoms with Crippen molar-refractivity contribution in [2.24, 2.45) is 0 Å². The largest absolute Gasteiger partial charge is 0.573 e. The fourth-order valence-corrected chi connectivity index (χ4v) is 1.27. The SMILES string of the molecule is Nc1n[nH]c2cccc(OC(F)(F)F)c12. The maximum absolute atomic E-state index is 12.0. The van der Waals surface area contributed by atoms with Crippen LogP contribution in [-0.2, 0) is 0 Å². The summed E-state index contributed by atoms with van der Waals surface area (Å²) in [6.45, 7) is 0. The van der Waals surface area contributed by atoms with Crippen molar-refractivity contribution in [3.8, 4) is 5.75 Å². The zero-order valence-corrected chi connectivity index (χ0v) is 7.30. The number of aromatic nitrogens is 2. The molecule has 2 rings (SSSR count). The summed E-state index contributed by atoms with van der Waals surface area (Å²) in [5.41, 5.74) is 5.80. The molecule has 15 heavy (non-hydrogen) atoms. The number of nitrogens with zero attached hydrogens (tertiary/aromatic N) is 1. The first-order chi connectivity index (χ1) is 6.97. The van der Waals surface area contributed by atoms with Gasteiger partial charge in [-0.1, -0.05) is 6.07 Å². The Bertz CT molecular complexity index is 491. The minimum atomic E-state index is -4.74. The van der Waals surface area contributed by atoms with Gasteiger partial charge in [-0.25, -0.2) is 0 Å². The van der Waals surface area contributed by atoms with Gasteiger partial charge in [-0.15, -0.1) is 13.2 Å². The average molecular weight is 217 g/mol. The Kier molecular flexibility index (Phi) is 1.95. The van der Waals surface area contributed by atoms with Gasteiger partial charge in [0.05, 0.1) is 10.9 Å². The molecule has 0 spiro atoms. The predicted molar refractivity (Wildman–Crippen MR) is 47.2 cm³/mol. The standard InChI is InChI=1S/C8H6F3N3O/c9-8(10,11)15-5-3-1-2-4-6(5)7(12)14-13-4/h1-3H,(H3,12,13,14). The number of H-pyrrole nitrogens is 1. The number of hydrogen-bond acceptors (Lipinski definition) is 3. The van der Waals surface area contributed by atoms with E-state index < -0.39 is 6.36 Å². The summed E-state index contributed by atoms with van der Waals surface area (Å²) in [5, 5.41) is 6.22. The lowest BCUT2D eigenvalue weighted by atomic mass is 10.2. The second-order valence-corrected chi connectivity index (χ2v) is 2.84. The summed E-state index contributed by atoms with van der Waals surface area (Å²) >= 11 is 0. The third kappa shape index (κ3) is 1.80. The highest BCUT2D eigenvalue weighted by atomic mass is 19.4. The Morgan fingerprint density at radius 2 is 2.07 bits per heavy atom. The number of alkyl halides is 3. The second-order valence-electron chi connectivity index (χ2n) is 2.84. The van der Waals surface area contributed by atoms with E-state index in [1.807, 2.05) is 0 Å². The van der Waals surface area contributed by atoms with E-state index in [1.54, 1.807) is 6.07 Å². The van der Waals surface area contributed by atoms with Crippen LogP contribution in [0.2, 0.25) is 0 Å². The molecule has 3 N–H and O–H groups in total. The highest BCUT2D eigenvalue weighted by molar-refractivity contribution is 5.94. The number of nitrogens with one attached hydrogen (secondary N) is 1. The molecule has 0 unspecified atom stereocenters. The van der Waals surface area contributed by atoms with Gasteiger partial charge >= 0.3 is 6.36 Å². The highest BCUT2D eigenvalue weighted by Gasteiger charge is 2.32. The molecular formula is C8H6F3N3O. The number of halogens is 3. The molecule has 1 heterocycles.